The first-order valence-corrected chi connectivity index (χ1v) is 9.99. The third kappa shape index (κ3) is 4.54. The fourth-order valence-corrected chi connectivity index (χ4v) is 3.61. The smallest absolute Gasteiger partial charge is 0.267 e. The van der Waals surface area contributed by atoms with Crippen molar-refractivity contribution >= 4 is 33.4 Å². The summed E-state index contributed by atoms with van der Waals surface area (Å²) in [6.07, 6.45) is -0.420. The summed E-state index contributed by atoms with van der Waals surface area (Å²) in [5.41, 5.74) is 1.64. The lowest BCUT2D eigenvalue weighted by molar-refractivity contribution is -0.132. The molecule has 1 N–H and O–H groups in total. The zero-order valence-corrected chi connectivity index (χ0v) is 17.3. The summed E-state index contributed by atoms with van der Waals surface area (Å²) in [4.78, 5) is 28.6. The minimum absolute atomic E-state index is 0.116. The zero-order valence-electron chi connectivity index (χ0n) is 15.7. The SMILES string of the molecule is C[C@H]1Oc2ccccc2N(CCC(=O)N(CCO)Cc2ccccc2Br)C1=O. The van der Waals surface area contributed by atoms with E-state index in [2.05, 4.69) is 15.9 Å². The fraction of sp³-hybridized carbons (Fsp3) is 0.333. The molecule has 1 aliphatic rings. The number of carbonyl (C=O) groups is 2. The van der Waals surface area contributed by atoms with Crippen molar-refractivity contribution in [1.29, 1.82) is 0 Å². The van der Waals surface area contributed by atoms with Crippen molar-refractivity contribution in [3.05, 3.63) is 58.6 Å². The highest BCUT2D eigenvalue weighted by Crippen LogP contribution is 2.33. The molecular weight excluding hydrogens is 424 g/mol. The molecule has 148 valence electrons. The van der Waals surface area contributed by atoms with Gasteiger partial charge in [-0.1, -0.05) is 46.3 Å². The van der Waals surface area contributed by atoms with Crippen LogP contribution in [0.4, 0.5) is 5.69 Å². The van der Waals surface area contributed by atoms with E-state index < -0.39 is 6.10 Å². The molecule has 1 aliphatic heterocycles. The number of rotatable bonds is 7. The molecule has 28 heavy (non-hydrogen) atoms. The standard InChI is InChI=1S/C21H23BrN2O4/c1-15-21(27)24(18-8-4-5-9-19(18)28-15)11-10-20(26)23(12-13-25)14-16-6-2-3-7-17(16)22/h2-9,15,25H,10-14H2,1H3/t15-/m1/s1. The van der Waals surface area contributed by atoms with Gasteiger partial charge in [0.2, 0.25) is 5.91 Å². The number of aliphatic hydroxyl groups excluding tert-OH is 1. The maximum Gasteiger partial charge on any atom is 0.267 e. The van der Waals surface area contributed by atoms with E-state index in [0.717, 1.165) is 10.0 Å². The summed E-state index contributed by atoms with van der Waals surface area (Å²) in [5.74, 6) is 0.364. The van der Waals surface area contributed by atoms with E-state index in [4.69, 9.17) is 4.74 Å². The number of fused-ring (bicyclic) bond motifs is 1. The van der Waals surface area contributed by atoms with Crippen LogP contribution < -0.4 is 9.64 Å². The van der Waals surface area contributed by atoms with Crippen LogP contribution in [-0.4, -0.2) is 47.6 Å². The third-order valence-electron chi connectivity index (χ3n) is 4.66. The lowest BCUT2D eigenvalue weighted by Gasteiger charge is -2.33. The summed E-state index contributed by atoms with van der Waals surface area (Å²) < 4.78 is 6.55. The summed E-state index contributed by atoms with van der Waals surface area (Å²) in [6.45, 7) is 2.49. The summed E-state index contributed by atoms with van der Waals surface area (Å²) >= 11 is 3.49. The second-order valence-electron chi connectivity index (χ2n) is 6.60. The molecule has 1 heterocycles. The zero-order chi connectivity index (χ0) is 20.1. The van der Waals surface area contributed by atoms with E-state index in [1.807, 2.05) is 48.5 Å². The van der Waals surface area contributed by atoms with Crippen LogP contribution >= 0.6 is 15.9 Å². The first kappa shape index (κ1) is 20.4. The molecule has 0 spiro atoms. The van der Waals surface area contributed by atoms with E-state index in [0.29, 0.717) is 18.0 Å². The van der Waals surface area contributed by atoms with Gasteiger partial charge in [0.15, 0.2) is 6.10 Å². The van der Waals surface area contributed by atoms with Gasteiger partial charge in [-0.25, -0.2) is 0 Å². The minimum Gasteiger partial charge on any atom is -0.479 e. The third-order valence-corrected chi connectivity index (χ3v) is 5.44. The first-order chi connectivity index (χ1) is 13.5. The predicted octanol–water partition coefficient (Wildman–Crippen LogP) is 2.97. The normalized spacial score (nSPS) is 15.8. The number of nitrogens with zero attached hydrogens (tertiary/aromatic N) is 2. The van der Waals surface area contributed by atoms with Gasteiger partial charge in [-0.3, -0.25) is 9.59 Å². The molecule has 0 unspecified atom stereocenters. The maximum absolute atomic E-state index is 12.8. The fourth-order valence-electron chi connectivity index (χ4n) is 3.20. The van der Waals surface area contributed by atoms with E-state index in [9.17, 15) is 14.7 Å². The molecule has 0 aliphatic carbocycles. The second kappa shape index (κ2) is 9.21. The topological polar surface area (TPSA) is 70.1 Å². The van der Waals surface area contributed by atoms with Crippen LogP contribution in [0.5, 0.6) is 5.75 Å². The number of amides is 2. The highest BCUT2D eigenvalue weighted by Gasteiger charge is 2.31. The number of hydrogen-bond acceptors (Lipinski definition) is 4. The molecule has 2 aromatic carbocycles. The largest absolute Gasteiger partial charge is 0.479 e. The van der Waals surface area contributed by atoms with E-state index in [1.165, 1.54) is 0 Å². The Morgan fingerprint density at radius 1 is 1.21 bits per heavy atom. The second-order valence-corrected chi connectivity index (χ2v) is 7.45. The molecule has 7 heteroatoms. The van der Waals surface area contributed by atoms with Crippen LogP contribution in [-0.2, 0) is 16.1 Å². The van der Waals surface area contributed by atoms with Gasteiger partial charge in [0.05, 0.1) is 12.3 Å². The Hall–Kier alpha value is -2.38. The Labute approximate surface area is 172 Å². The lowest BCUT2D eigenvalue weighted by atomic mass is 10.1. The van der Waals surface area contributed by atoms with Gasteiger partial charge < -0.3 is 19.6 Å². The molecule has 6 nitrogen and oxygen atoms in total. The molecule has 0 bridgehead atoms. The number of benzene rings is 2. The van der Waals surface area contributed by atoms with Gasteiger partial charge in [0, 0.05) is 30.5 Å². The van der Waals surface area contributed by atoms with Gasteiger partial charge in [-0.05, 0) is 30.7 Å². The molecule has 0 aromatic heterocycles. The number of halogens is 1. The van der Waals surface area contributed by atoms with E-state index in [1.54, 1.807) is 16.7 Å². The van der Waals surface area contributed by atoms with Crippen LogP contribution in [0.15, 0.2) is 53.0 Å². The number of aliphatic hydroxyl groups is 1. The van der Waals surface area contributed by atoms with Crippen molar-refractivity contribution in [3.63, 3.8) is 0 Å². The molecule has 2 aromatic rings. The highest BCUT2D eigenvalue weighted by atomic mass is 79.9. The quantitative estimate of drug-likeness (QED) is 0.709. The Balaban J connectivity index is 1.70. The molecule has 3 rings (SSSR count). The number of para-hydroxylation sites is 2. The van der Waals surface area contributed by atoms with Gasteiger partial charge in [-0.2, -0.15) is 0 Å². The number of ether oxygens (including phenoxy) is 1. The maximum atomic E-state index is 12.8. The van der Waals surface area contributed by atoms with E-state index in [-0.39, 0.29) is 37.9 Å². The number of hydrogen-bond donors (Lipinski definition) is 1. The van der Waals surface area contributed by atoms with Crippen LogP contribution in [0.2, 0.25) is 0 Å². The monoisotopic (exact) mass is 446 g/mol. The Kier molecular flexibility index (Phi) is 6.70. The number of anilines is 1. The van der Waals surface area contributed by atoms with Crippen molar-refractivity contribution in [2.45, 2.75) is 26.0 Å². The van der Waals surface area contributed by atoms with E-state index >= 15 is 0 Å². The summed E-state index contributed by atoms with van der Waals surface area (Å²) in [7, 11) is 0. The molecule has 2 amide bonds. The van der Waals surface area contributed by atoms with Crippen molar-refractivity contribution < 1.29 is 19.4 Å². The van der Waals surface area contributed by atoms with Gasteiger partial charge in [-0.15, -0.1) is 0 Å². The Morgan fingerprint density at radius 3 is 2.68 bits per heavy atom. The minimum atomic E-state index is -0.584. The summed E-state index contributed by atoms with van der Waals surface area (Å²) in [5, 5.41) is 9.37. The molecule has 0 saturated carbocycles. The molecule has 0 saturated heterocycles. The van der Waals surface area contributed by atoms with Crippen molar-refractivity contribution in [3.8, 4) is 5.75 Å². The van der Waals surface area contributed by atoms with Gasteiger partial charge in [0.1, 0.15) is 5.75 Å². The molecule has 0 radical (unpaired) electrons. The summed E-state index contributed by atoms with van der Waals surface area (Å²) in [6, 6.07) is 15.0. The van der Waals surface area contributed by atoms with Crippen molar-refractivity contribution in [2.24, 2.45) is 0 Å². The van der Waals surface area contributed by atoms with Gasteiger partial charge >= 0.3 is 0 Å². The molecular formula is C21H23BrN2O4. The van der Waals surface area contributed by atoms with Crippen LogP contribution in [0, 0.1) is 0 Å². The first-order valence-electron chi connectivity index (χ1n) is 9.20. The van der Waals surface area contributed by atoms with Crippen LogP contribution in [0.3, 0.4) is 0 Å². The van der Waals surface area contributed by atoms with Crippen LogP contribution in [0.1, 0.15) is 18.9 Å². The Bertz CT molecular complexity index is 858. The highest BCUT2D eigenvalue weighted by molar-refractivity contribution is 9.10. The van der Waals surface area contributed by atoms with Gasteiger partial charge in [0.25, 0.3) is 5.91 Å². The average Bonchev–Trinajstić information content (AvgIpc) is 2.69. The molecule has 1 atom stereocenters. The Morgan fingerprint density at radius 2 is 1.93 bits per heavy atom. The lowest BCUT2D eigenvalue weighted by Crippen LogP contribution is -2.46. The van der Waals surface area contributed by atoms with Crippen molar-refractivity contribution in [1.82, 2.24) is 4.90 Å². The predicted molar refractivity (Wildman–Crippen MR) is 110 cm³/mol. The molecule has 0 fully saturated rings. The van der Waals surface area contributed by atoms with Crippen LogP contribution in [0.25, 0.3) is 0 Å². The number of carbonyl (C=O) groups excluding carboxylic acids is 2. The van der Waals surface area contributed by atoms with Crippen molar-refractivity contribution in [2.75, 3.05) is 24.6 Å². The average molecular weight is 447 g/mol.